The smallest absolute Gasteiger partial charge is 0.244 e. The van der Waals surface area contributed by atoms with E-state index in [-0.39, 0.29) is 29.5 Å². The van der Waals surface area contributed by atoms with E-state index in [0.29, 0.717) is 0 Å². The molecule has 1 aromatic carbocycles. The molecule has 4 heteroatoms. The van der Waals surface area contributed by atoms with E-state index in [1.165, 1.54) is 12.1 Å². The zero-order valence-corrected chi connectivity index (χ0v) is 12.7. The van der Waals surface area contributed by atoms with Gasteiger partial charge in [-0.15, -0.1) is 0 Å². The minimum Gasteiger partial charge on any atom is -0.319 e. The maximum absolute atomic E-state index is 13.5. The molecule has 1 heterocycles. The number of nitrogens with zero attached hydrogens (tertiary/aromatic N) is 1. The lowest BCUT2D eigenvalue weighted by molar-refractivity contribution is -0.133. The first kappa shape index (κ1) is 14.5. The normalized spacial score (nSPS) is 24.6. The second kappa shape index (κ2) is 5.41. The van der Waals surface area contributed by atoms with E-state index in [2.05, 4.69) is 19.2 Å². The molecule has 3 rings (SSSR count). The summed E-state index contributed by atoms with van der Waals surface area (Å²) in [4.78, 5) is 14.7. The molecule has 1 amide bonds. The van der Waals surface area contributed by atoms with Crippen molar-refractivity contribution >= 4 is 5.91 Å². The van der Waals surface area contributed by atoms with Crippen molar-refractivity contribution in [1.29, 1.82) is 0 Å². The zero-order valence-electron chi connectivity index (χ0n) is 12.7. The van der Waals surface area contributed by atoms with Crippen LogP contribution in [0.5, 0.6) is 0 Å². The van der Waals surface area contributed by atoms with E-state index >= 15 is 0 Å². The largest absolute Gasteiger partial charge is 0.319 e. The number of carbonyl (C=O) groups is 1. The lowest BCUT2D eigenvalue weighted by Gasteiger charge is -2.30. The van der Waals surface area contributed by atoms with E-state index in [4.69, 9.17) is 0 Å². The molecule has 1 saturated heterocycles. The summed E-state index contributed by atoms with van der Waals surface area (Å²) in [5.74, 6) is -0.0555. The molecule has 0 radical (unpaired) electrons. The third-order valence-electron chi connectivity index (χ3n) is 4.70. The topological polar surface area (TPSA) is 32.3 Å². The second-order valence-electron chi connectivity index (χ2n) is 6.39. The van der Waals surface area contributed by atoms with Gasteiger partial charge in [0.25, 0.3) is 0 Å². The highest BCUT2D eigenvalue weighted by Gasteiger charge is 2.60. The quantitative estimate of drug-likeness (QED) is 0.901. The molecule has 1 aliphatic heterocycles. The molecule has 114 valence electrons. The summed E-state index contributed by atoms with van der Waals surface area (Å²) in [5.41, 5.74) is 0.479. The van der Waals surface area contributed by atoms with Gasteiger partial charge in [-0.2, -0.15) is 0 Å². The van der Waals surface area contributed by atoms with Crippen LogP contribution in [-0.2, 0) is 4.79 Å². The van der Waals surface area contributed by atoms with Crippen LogP contribution in [0.2, 0.25) is 0 Å². The predicted octanol–water partition coefficient (Wildman–Crippen LogP) is 3.37. The van der Waals surface area contributed by atoms with Crippen molar-refractivity contribution in [1.82, 2.24) is 10.2 Å². The van der Waals surface area contributed by atoms with Gasteiger partial charge in [0.2, 0.25) is 5.91 Å². The highest BCUT2D eigenvalue weighted by molar-refractivity contribution is 5.92. The molecule has 2 unspecified atom stereocenters. The molecule has 1 spiro atoms. The van der Waals surface area contributed by atoms with Gasteiger partial charge in [-0.1, -0.05) is 31.9 Å². The number of nitrogens with one attached hydrogen (secondary N) is 1. The Morgan fingerprint density at radius 1 is 1.48 bits per heavy atom. The van der Waals surface area contributed by atoms with Crippen LogP contribution in [0, 0.1) is 5.82 Å². The Morgan fingerprint density at radius 2 is 2.24 bits per heavy atom. The van der Waals surface area contributed by atoms with Crippen LogP contribution in [0.25, 0.3) is 0 Å². The van der Waals surface area contributed by atoms with Gasteiger partial charge in [0, 0.05) is 6.04 Å². The molecule has 1 saturated carbocycles. The Bertz CT molecular complexity index is 541. The van der Waals surface area contributed by atoms with Gasteiger partial charge in [-0.05, 0) is 43.9 Å². The van der Waals surface area contributed by atoms with Crippen LogP contribution >= 0.6 is 0 Å². The van der Waals surface area contributed by atoms with E-state index in [9.17, 15) is 9.18 Å². The highest BCUT2D eigenvalue weighted by Crippen LogP contribution is 2.47. The van der Waals surface area contributed by atoms with Gasteiger partial charge in [0.15, 0.2) is 0 Å². The first-order chi connectivity index (χ1) is 10.1. The summed E-state index contributed by atoms with van der Waals surface area (Å²) >= 11 is 0. The van der Waals surface area contributed by atoms with Crippen molar-refractivity contribution in [3.8, 4) is 0 Å². The van der Waals surface area contributed by atoms with E-state index in [0.717, 1.165) is 37.7 Å². The fraction of sp³-hybridized carbons (Fsp3) is 0.588. The minimum absolute atomic E-state index is 0.179. The van der Waals surface area contributed by atoms with Crippen LogP contribution < -0.4 is 5.32 Å². The molecule has 2 atom stereocenters. The summed E-state index contributed by atoms with van der Waals surface area (Å²) in [6.07, 6.45) is 4.82. The molecule has 0 bridgehead atoms. The summed E-state index contributed by atoms with van der Waals surface area (Å²) in [7, 11) is 0. The van der Waals surface area contributed by atoms with Crippen molar-refractivity contribution in [3.63, 3.8) is 0 Å². The Balaban J connectivity index is 1.88. The van der Waals surface area contributed by atoms with Crippen molar-refractivity contribution < 1.29 is 9.18 Å². The van der Waals surface area contributed by atoms with Gasteiger partial charge in [0.05, 0.1) is 0 Å². The van der Waals surface area contributed by atoms with Crippen LogP contribution in [0.4, 0.5) is 4.39 Å². The monoisotopic (exact) mass is 290 g/mol. The third kappa shape index (κ3) is 2.57. The molecule has 1 N–H and O–H groups in total. The Morgan fingerprint density at radius 3 is 2.86 bits per heavy atom. The minimum atomic E-state index is -0.364. The maximum Gasteiger partial charge on any atom is 0.244 e. The van der Waals surface area contributed by atoms with Crippen molar-refractivity contribution in [3.05, 3.63) is 35.6 Å². The number of benzene rings is 1. The fourth-order valence-electron chi connectivity index (χ4n) is 3.25. The number of carbonyl (C=O) groups excluding carboxylic acids is 1. The lowest BCUT2D eigenvalue weighted by Crippen LogP contribution is -2.38. The van der Waals surface area contributed by atoms with Crippen LogP contribution in [-0.4, -0.2) is 22.4 Å². The number of amides is 1. The molecule has 3 nitrogen and oxygen atoms in total. The molecule has 2 aliphatic rings. The van der Waals surface area contributed by atoms with Crippen molar-refractivity contribution in [2.75, 3.05) is 0 Å². The van der Waals surface area contributed by atoms with Gasteiger partial charge in [-0.25, -0.2) is 4.39 Å². The predicted molar refractivity (Wildman–Crippen MR) is 80.1 cm³/mol. The van der Waals surface area contributed by atoms with E-state index < -0.39 is 0 Å². The number of unbranched alkanes of at least 4 members (excludes halogenated alkanes) is 1. The molecular weight excluding hydrogens is 267 g/mol. The Labute approximate surface area is 125 Å². The summed E-state index contributed by atoms with van der Waals surface area (Å²) < 4.78 is 13.5. The molecule has 1 aliphatic carbocycles. The second-order valence-corrected chi connectivity index (χ2v) is 6.39. The average molecular weight is 290 g/mol. The lowest BCUT2D eigenvalue weighted by atomic mass is 10.1. The zero-order chi connectivity index (χ0) is 15.0. The van der Waals surface area contributed by atoms with Gasteiger partial charge in [-0.3, -0.25) is 10.1 Å². The van der Waals surface area contributed by atoms with Crippen molar-refractivity contribution in [2.45, 2.75) is 63.7 Å². The van der Waals surface area contributed by atoms with Gasteiger partial charge >= 0.3 is 0 Å². The van der Waals surface area contributed by atoms with Gasteiger partial charge < -0.3 is 4.90 Å². The fourth-order valence-corrected chi connectivity index (χ4v) is 3.25. The average Bonchev–Trinajstić information content (AvgIpc) is 3.18. The number of rotatable bonds is 5. The summed E-state index contributed by atoms with van der Waals surface area (Å²) in [5, 5.41) is 3.45. The molecule has 1 aromatic rings. The molecule has 21 heavy (non-hydrogen) atoms. The van der Waals surface area contributed by atoms with E-state index in [1.54, 1.807) is 6.07 Å². The Hall–Kier alpha value is -1.42. The standard InChI is InChI=1S/C17H23FN2O/c1-3-4-6-12(2)20-15(13-7-5-8-14(18)11-13)19-17(9-10-17)16(20)21/h5,7-8,11-12,15,19H,3-4,6,9-10H2,1-2H3. The number of halogens is 1. The Kier molecular flexibility index (Phi) is 3.74. The number of hydrogen-bond donors (Lipinski definition) is 1. The summed E-state index contributed by atoms with van der Waals surface area (Å²) in [6, 6.07) is 6.76. The van der Waals surface area contributed by atoms with Crippen LogP contribution in [0.3, 0.4) is 0 Å². The van der Waals surface area contributed by atoms with Crippen LogP contribution in [0.1, 0.15) is 57.7 Å². The molecular formula is C17H23FN2O. The molecule has 0 aromatic heterocycles. The maximum atomic E-state index is 13.5. The highest BCUT2D eigenvalue weighted by atomic mass is 19.1. The first-order valence-electron chi connectivity index (χ1n) is 7.93. The number of hydrogen-bond acceptors (Lipinski definition) is 2. The van der Waals surface area contributed by atoms with Crippen LogP contribution in [0.15, 0.2) is 24.3 Å². The summed E-state index contributed by atoms with van der Waals surface area (Å²) in [6.45, 7) is 4.26. The van der Waals surface area contributed by atoms with Gasteiger partial charge in [0.1, 0.15) is 17.5 Å². The van der Waals surface area contributed by atoms with E-state index in [1.807, 2.05) is 11.0 Å². The SMILES string of the molecule is CCCCC(C)N1C(=O)C2(CC2)NC1c1cccc(F)c1. The third-order valence-corrected chi connectivity index (χ3v) is 4.70. The molecule has 2 fully saturated rings. The van der Waals surface area contributed by atoms with Crippen molar-refractivity contribution in [2.24, 2.45) is 0 Å². The first-order valence-corrected chi connectivity index (χ1v) is 7.93.